The first-order valence-corrected chi connectivity index (χ1v) is 7.84. The molecule has 4 nitrogen and oxygen atoms in total. The molecule has 0 unspecified atom stereocenters. The fourth-order valence-corrected chi connectivity index (χ4v) is 2.05. The van der Waals surface area contributed by atoms with Crippen LogP contribution in [-0.2, 0) is 0 Å². The van der Waals surface area contributed by atoms with Gasteiger partial charge in [0.15, 0.2) is 0 Å². The largest absolute Gasteiger partial charge is 0.490 e. The van der Waals surface area contributed by atoms with Crippen molar-refractivity contribution in [2.45, 2.75) is 19.9 Å². The molecule has 0 spiro atoms. The summed E-state index contributed by atoms with van der Waals surface area (Å²) >= 11 is 5.81. The van der Waals surface area contributed by atoms with E-state index in [2.05, 4.69) is 5.32 Å². The van der Waals surface area contributed by atoms with Gasteiger partial charge >= 0.3 is 0 Å². The number of hydrogen-bond donors (Lipinski definition) is 1. The second-order valence-corrected chi connectivity index (χ2v) is 5.74. The van der Waals surface area contributed by atoms with E-state index in [4.69, 9.17) is 21.1 Å². The fourth-order valence-electron chi connectivity index (χ4n) is 1.92. The molecule has 0 aromatic heterocycles. The Morgan fingerprint density at radius 2 is 1.70 bits per heavy atom. The monoisotopic (exact) mass is 333 g/mol. The molecule has 0 bridgehead atoms. The highest BCUT2D eigenvalue weighted by atomic mass is 35.5. The first kappa shape index (κ1) is 17.2. The summed E-state index contributed by atoms with van der Waals surface area (Å²) in [7, 11) is 0. The van der Waals surface area contributed by atoms with Crippen LogP contribution in [0.5, 0.6) is 11.5 Å². The molecule has 0 fully saturated rings. The zero-order chi connectivity index (χ0) is 16.7. The lowest BCUT2D eigenvalue weighted by Crippen LogP contribution is -2.30. The molecule has 0 aliphatic heterocycles. The quantitative estimate of drug-likeness (QED) is 0.781. The van der Waals surface area contributed by atoms with Gasteiger partial charge < -0.3 is 14.8 Å². The summed E-state index contributed by atoms with van der Waals surface area (Å²) in [6, 6.07) is 14.3. The highest BCUT2D eigenvalue weighted by molar-refractivity contribution is 6.30. The van der Waals surface area contributed by atoms with E-state index in [-0.39, 0.29) is 11.9 Å². The van der Waals surface area contributed by atoms with E-state index in [1.54, 1.807) is 42.5 Å². The van der Waals surface area contributed by atoms with E-state index < -0.39 is 0 Å². The molecule has 0 heterocycles. The van der Waals surface area contributed by atoms with Crippen LogP contribution in [0.15, 0.2) is 48.5 Å². The Morgan fingerprint density at radius 3 is 2.35 bits per heavy atom. The van der Waals surface area contributed by atoms with Crippen LogP contribution in [0.2, 0.25) is 5.02 Å². The minimum absolute atomic E-state index is 0.0971. The van der Waals surface area contributed by atoms with Crippen molar-refractivity contribution in [2.24, 2.45) is 0 Å². The van der Waals surface area contributed by atoms with Gasteiger partial charge in [-0.05, 0) is 56.3 Å². The SMILES string of the molecule is CC(C)NC(=O)c1cccc(OCCOc2ccc(Cl)cc2)c1. The molecule has 2 aromatic carbocycles. The van der Waals surface area contributed by atoms with E-state index in [1.807, 2.05) is 19.9 Å². The Hall–Kier alpha value is -2.20. The topological polar surface area (TPSA) is 47.6 Å². The van der Waals surface area contributed by atoms with Crippen LogP contribution in [0.3, 0.4) is 0 Å². The molecule has 23 heavy (non-hydrogen) atoms. The first-order valence-electron chi connectivity index (χ1n) is 7.46. The third-order valence-electron chi connectivity index (χ3n) is 2.95. The number of rotatable bonds is 7. The van der Waals surface area contributed by atoms with Crippen molar-refractivity contribution in [3.05, 3.63) is 59.1 Å². The van der Waals surface area contributed by atoms with Crippen molar-refractivity contribution in [1.82, 2.24) is 5.32 Å². The lowest BCUT2D eigenvalue weighted by atomic mass is 10.2. The molecular formula is C18H20ClNO3. The molecule has 0 aliphatic rings. The number of hydrogen-bond acceptors (Lipinski definition) is 3. The Bertz CT molecular complexity index is 641. The number of nitrogens with one attached hydrogen (secondary N) is 1. The minimum atomic E-state index is -0.108. The number of ether oxygens (including phenoxy) is 2. The molecule has 0 saturated carbocycles. The summed E-state index contributed by atoms with van der Waals surface area (Å²) in [5.41, 5.74) is 0.579. The summed E-state index contributed by atoms with van der Waals surface area (Å²) in [5, 5.41) is 3.52. The Balaban J connectivity index is 1.81. The first-order chi connectivity index (χ1) is 11.0. The van der Waals surface area contributed by atoms with Gasteiger partial charge in [-0.2, -0.15) is 0 Å². The second kappa shape index (κ2) is 8.44. The van der Waals surface area contributed by atoms with Gasteiger partial charge in [0, 0.05) is 16.6 Å². The van der Waals surface area contributed by atoms with E-state index in [0.29, 0.717) is 29.5 Å². The Morgan fingerprint density at radius 1 is 1.04 bits per heavy atom. The Labute approximate surface area is 141 Å². The van der Waals surface area contributed by atoms with Gasteiger partial charge in [0.1, 0.15) is 24.7 Å². The summed E-state index contributed by atoms with van der Waals surface area (Å²) in [5.74, 6) is 1.27. The van der Waals surface area contributed by atoms with Crippen molar-refractivity contribution in [3.8, 4) is 11.5 Å². The normalized spacial score (nSPS) is 10.4. The van der Waals surface area contributed by atoms with Crippen molar-refractivity contribution < 1.29 is 14.3 Å². The maximum absolute atomic E-state index is 11.9. The maximum atomic E-state index is 11.9. The zero-order valence-corrected chi connectivity index (χ0v) is 14.0. The van der Waals surface area contributed by atoms with Crippen molar-refractivity contribution in [3.63, 3.8) is 0 Å². The molecule has 0 atom stereocenters. The van der Waals surface area contributed by atoms with Gasteiger partial charge in [-0.3, -0.25) is 4.79 Å². The number of amides is 1. The smallest absolute Gasteiger partial charge is 0.251 e. The van der Waals surface area contributed by atoms with Crippen LogP contribution in [0.25, 0.3) is 0 Å². The highest BCUT2D eigenvalue weighted by Crippen LogP contribution is 2.16. The van der Waals surface area contributed by atoms with Gasteiger partial charge in [0.2, 0.25) is 0 Å². The van der Waals surface area contributed by atoms with E-state index in [0.717, 1.165) is 5.75 Å². The molecule has 0 saturated heterocycles. The highest BCUT2D eigenvalue weighted by Gasteiger charge is 2.07. The molecule has 0 radical (unpaired) electrons. The number of carbonyl (C=O) groups excluding carboxylic acids is 1. The van der Waals surface area contributed by atoms with Gasteiger partial charge in [-0.25, -0.2) is 0 Å². The van der Waals surface area contributed by atoms with Crippen LogP contribution < -0.4 is 14.8 Å². The summed E-state index contributed by atoms with van der Waals surface area (Å²) in [6.45, 7) is 4.64. The second-order valence-electron chi connectivity index (χ2n) is 5.31. The Kier molecular flexibility index (Phi) is 6.29. The van der Waals surface area contributed by atoms with Crippen molar-refractivity contribution in [2.75, 3.05) is 13.2 Å². The van der Waals surface area contributed by atoms with Crippen LogP contribution in [0.1, 0.15) is 24.2 Å². The molecule has 1 N–H and O–H groups in total. The van der Waals surface area contributed by atoms with Crippen LogP contribution in [0.4, 0.5) is 0 Å². The molecule has 2 rings (SSSR count). The molecule has 1 amide bonds. The third-order valence-corrected chi connectivity index (χ3v) is 3.20. The molecule has 2 aromatic rings. The standard InChI is InChI=1S/C18H20ClNO3/c1-13(2)20-18(21)14-4-3-5-17(12-14)23-11-10-22-16-8-6-15(19)7-9-16/h3-9,12-13H,10-11H2,1-2H3,(H,20,21). The van der Waals surface area contributed by atoms with Crippen LogP contribution >= 0.6 is 11.6 Å². The zero-order valence-electron chi connectivity index (χ0n) is 13.2. The van der Waals surface area contributed by atoms with Crippen LogP contribution in [-0.4, -0.2) is 25.2 Å². The van der Waals surface area contributed by atoms with E-state index in [1.165, 1.54) is 0 Å². The molecule has 0 aliphatic carbocycles. The van der Waals surface area contributed by atoms with Gasteiger partial charge in [0.25, 0.3) is 5.91 Å². The fraction of sp³-hybridized carbons (Fsp3) is 0.278. The van der Waals surface area contributed by atoms with Crippen LogP contribution in [0, 0.1) is 0 Å². The maximum Gasteiger partial charge on any atom is 0.251 e. The average Bonchev–Trinajstić information content (AvgIpc) is 2.53. The lowest BCUT2D eigenvalue weighted by molar-refractivity contribution is 0.0942. The van der Waals surface area contributed by atoms with Gasteiger partial charge in [-0.15, -0.1) is 0 Å². The van der Waals surface area contributed by atoms with E-state index in [9.17, 15) is 4.79 Å². The predicted molar refractivity (Wildman–Crippen MR) is 91.5 cm³/mol. The van der Waals surface area contributed by atoms with Crippen molar-refractivity contribution in [1.29, 1.82) is 0 Å². The van der Waals surface area contributed by atoms with E-state index >= 15 is 0 Å². The number of carbonyl (C=O) groups is 1. The summed E-state index contributed by atoms with van der Waals surface area (Å²) < 4.78 is 11.2. The number of benzene rings is 2. The van der Waals surface area contributed by atoms with Gasteiger partial charge in [-0.1, -0.05) is 17.7 Å². The number of halogens is 1. The van der Waals surface area contributed by atoms with Crippen molar-refractivity contribution >= 4 is 17.5 Å². The molecular weight excluding hydrogens is 314 g/mol. The average molecular weight is 334 g/mol. The minimum Gasteiger partial charge on any atom is -0.490 e. The molecule has 5 heteroatoms. The third kappa shape index (κ3) is 5.83. The lowest BCUT2D eigenvalue weighted by Gasteiger charge is -2.11. The van der Waals surface area contributed by atoms with Gasteiger partial charge in [0.05, 0.1) is 0 Å². The molecule has 122 valence electrons. The summed E-state index contributed by atoms with van der Waals surface area (Å²) in [4.78, 5) is 11.9. The predicted octanol–water partition coefficient (Wildman–Crippen LogP) is 3.94. The summed E-state index contributed by atoms with van der Waals surface area (Å²) in [6.07, 6.45) is 0.